The summed E-state index contributed by atoms with van der Waals surface area (Å²) >= 11 is 12.0. The smallest absolute Gasteiger partial charge is 0.137 e. The van der Waals surface area contributed by atoms with Crippen molar-refractivity contribution < 1.29 is 4.79 Å². The standard InChI is InChI=1S/C17H16Cl2O/c1-12-4-2-5-13(10-12)8-9-15(20)11-14-6-3-7-16(18)17(14)19/h2-7,10H,8-9,11H2,1H3. The third-order valence-electron chi connectivity index (χ3n) is 3.19. The summed E-state index contributed by atoms with van der Waals surface area (Å²) in [6.07, 6.45) is 1.62. The van der Waals surface area contributed by atoms with E-state index in [0.717, 1.165) is 12.0 Å². The van der Waals surface area contributed by atoms with Gasteiger partial charge in [0.1, 0.15) is 5.78 Å². The van der Waals surface area contributed by atoms with Crippen molar-refractivity contribution in [3.05, 3.63) is 69.2 Å². The lowest BCUT2D eigenvalue weighted by atomic mass is 10.0. The summed E-state index contributed by atoms with van der Waals surface area (Å²) in [4.78, 5) is 12.0. The van der Waals surface area contributed by atoms with Gasteiger partial charge in [-0.3, -0.25) is 4.79 Å². The van der Waals surface area contributed by atoms with Gasteiger partial charge in [-0.05, 0) is 30.5 Å². The maximum Gasteiger partial charge on any atom is 0.137 e. The number of Topliss-reactive ketones (excluding diaryl/α,β-unsaturated/α-hetero) is 1. The Morgan fingerprint density at radius 1 is 1.10 bits per heavy atom. The predicted molar refractivity (Wildman–Crippen MR) is 84.7 cm³/mol. The van der Waals surface area contributed by atoms with Crippen LogP contribution in [0.15, 0.2) is 42.5 Å². The molecular weight excluding hydrogens is 291 g/mol. The second-order valence-electron chi connectivity index (χ2n) is 4.92. The van der Waals surface area contributed by atoms with Gasteiger partial charge in [-0.1, -0.05) is 65.2 Å². The minimum Gasteiger partial charge on any atom is -0.299 e. The number of carbonyl (C=O) groups excluding carboxylic acids is 1. The molecule has 0 aliphatic carbocycles. The van der Waals surface area contributed by atoms with E-state index in [9.17, 15) is 4.79 Å². The van der Waals surface area contributed by atoms with Crippen LogP contribution in [0.1, 0.15) is 23.1 Å². The molecular formula is C17H16Cl2O. The van der Waals surface area contributed by atoms with Crippen LogP contribution in [0.5, 0.6) is 0 Å². The predicted octanol–water partition coefficient (Wildman–Crippen LogP) is 5.05. The minimum absolute atomic E-state index is 0.177. The van der Waals surface area contributed by atoms with E-state index in [2.05, 4.69) is 19.1 Å². The van der Waals surface area contributed by atoms with Crippen LogP contribution < -0.4 is 0 Å². The van der Waals surface area contributed by atoms with E-state index in [1.165, 1.54) is 11.1 Å². The monoisotopic (exact) mass is 306 g/mol. The molecule has 104 valence electrons. The van der Waals surface area contributed by atoms with Crippen LogP contribution in [0.2, 0.25) is 10.0 Å². The van der Waals surface area contributed by atoms with Crippen LogP contribution in [0.25, 0.3) is 0 Å². The molecule has 3 heteroatoms. The largest absolute Gasteiger partial charge is 0.299 e. The molecule has 0 radical (unpaired) electrons. The molecule has 0 aliphatic rings. The Morgan fingerprint density at radius 3 is 2.60 bits per heavy atom. The number of rotatable bonds is 5. The molecule has 0 aliphatic heterocycles. The molecule has 0 N–H and O–H groups in total. The second-order valence-corrected chi connectivity index (χ2v) is 5.70. The molecule has 0 saturated heterocycles. The Morgan fingerprint density at radius 2 is 1.85 bits per heavy atom. The molecule has 0 spiro atoms. The molecule has 0 heterocycles. The van der Waals surface area contributed by atoms with Crippen molar-refractivity contribution in [1.29, 1.82) is 0 Å². The Balaban J connectivity index is 1.94. The molecule has 2 aromatic rings. The Labute approximate surface area is 129 Å². The van der Waals surface area contributed by atoms with Crippen molar-refractivity contribution in [3.8, 4) is 0 Å². The summed E-state index contributed by atoms with van der Waals surface area (Å²) in [5.41, 5.74) is 3.21. The van der Waals surface area contributed by atoms with Crippen LogP contribution in [0.4, 0.5) is 0 Å². The molecule has 0 bridgehead atoms. The number of carbonyl (C=O) groups is 1. The van der Waals surface area contributed by atoms with Gasteiger partial charge in [-0.25, -0.2) is 0 Å². The fourth-order valence-corrected chi connectivity index (χ4v) is 2.52. The van der Waals surface area contributed by atoms with Crippen LogP contribution >= 0.6 is 23.2 Å². The zero-order chi connectivity index (χ0) is 14.5. The van der Waals surface area contributed by atoms with E-state index in [-0.39, 0.29) is 5.78 Å². The molecule has 0 fully saturated rings. The summed E-state index contributed by atoms with van der Waals surface area (Å²) in [5.74, 6) is 0.177. The van der Waals surface area contributed by atoms with Crippen LogP contribution in [0.3, 0.4) is 0 Å². The van der Waals surface area contributed by atoms with E-state index < -0.39 is 0 Å². The summed E-state index contributed by atoms with van der Waals surface area (Å²) < 4.78 is 0. The maximum atomic E-state index is 12.0. The average molecular weight is 307 g/mol. The molecule has 0 aromatic heterocycles. The van der Waals surface area contributed by atoms with Crippen molar-refractivity contribution in [3.63, 3.8) is 0 Å². The zero-order valence-corrected chi connectivity index (χ0v) is 12.8. The fourth-order valence-electron chi connectivity index (χ4n) is 2.14. The SMILES string of the molecule is Cc1cccc(CCC(=O)Cc2cccc(Cl)c2Cl)c1. The summed E-state index contributed by atoms with van der Waals surface area (Å²) in [6, 6.07) is 13.6. The number of ketones is 1. The van der Waals surface area contributed by atoms with Crippen molar-refractivity contribution in [2.24, 2.45) is 0 Å². The van der Waals surface area contributed by atoms with Gasteiger partial charge in [0.2, 0.25) is 0 Å². The Hall–Kier alpha value is -1.31. The van der Waals surface area contributed by atoms with Crippen molar-refractivity contribution >= 4 is 29.0 Å². The van der Waals surface area contributed by atoms with E-state index >= 15 is 0 Å². The first-order valence-electron chi connectivity index (χ1n) is 6.56. The van der Waals surface area contributed by atoms with E-state index in [1.54, 1.807) is 6.07 Å². The van der Waals surface area contributed by atoms with Gasteiger partial charge in [0, 0.05) is 12.8 Å². The molecule has 2 aromatic carbocycles. The number of hydrogen-bond donors (Lipinski definition) is 0. The van der Waals surface area contributed by atoms with Crippen LogP contribution in [-0.2, 0) is 17.6 Å². The van der Waals surface area contributed by atoms with Gasteiger partial charge in [0.15, 0.2) is 0 Å². The normalized spacial score (nSPS) is 10.6. The van der Waals surface area contributed by atoms with Crippen molar-refractivity contribution in [2.45, 2.75) is 26.2 Å². The summed E-state index contributed by atoms with van der Waals surface area (Å²) in [6.45, 7) is 2.05. The van der Waals surface area contributed by atoms with Gasteiger partial charge in [0.25, 0.3) is 0 Å². The lowest BCUT2D eigenvalue weighted by Crippen LogP contribution is -2.05. The average Bonchev–Trinajstić information content (AvgIpc) is 2.42. The molecule has 0 unspecified atom stereocenters. The number of aryl methyl sites for hydroxylation is 2. The van der Waals surface area contributed by atoms with Gasteiger partial charge in [-0.2, -0.15) is 0 Å². The first kappa shape index (κ1) is 15.1. The third-order valence-corrected chi connectivity index (χ3v) is 4.05. The first-order valence-corrected chi connectivity index (χ1v) is 7.32. The molecule has 0 amide bonds. The van der Waals surface area contributed by atoms with Crippen molar-refractivity contribution in [1.82, 2.24) is 0 Å². The highest BCUT2D eigenvalue weighted by Crippen LogP contribution is 2.26. The van der Waals surface area contributed by atoms with E-state index in [4.69, 9.17) is 23.2 Å². The quantitative estimate of drug-likeness (QED) is 0.755. The highest BCUT2D eigenvalue weighted by Gasteiger charge is 2.09. The number of hydrogen-bond acceptors (Lipinski definition) is 1. The highest BCUT2D eigenvalue weighted by atomic mass is 35.5. The number of halogens is 2. The number of benzene rings is 2. The van der Waals surface area contributed by atoms with Gasteiger partial charge in [0.05, 0.1) is 10.0 Å². The molecule has 1 nitrogen and oxygen atoms in total. The molecule has 0 saturated carbocycles. The first-order chi connectivity index (χ1) is 9.56. The molecule has 2 rings (SSSR count). The van der Waals surface area contributed by atoms with Gasteiger partial charge >= 0.3 is 0 Å². The van der Waals surface area contributed by atoms with E-state index in [0.29, 0.717) is 22.9 Å². The zero-order valence-electron chi connectivity index (χ0n) is 11.3. The van der Waals surface area contributed by atoms with E-state index in [1.807, 2.05) is 24.3 Å². The Kier molecular flexibility index (Phi) is 5.22. The van der Waals surface area contributed by atoms with Gasteiger partial charge in [-0.15, -0.1) is 0 Å². The summed E-state index contributed by atoms with van der Waals surface area (Å²) in [7, 11) is 0. The van der Waals surface area contributed by atoms with Crippen molar-refractivity contribution in [2.75, 3.05) is 0 Å². The lowest BCUT2D eigenvalue weighted by molar-refractivity contribution is -0.118. The van der Waals surface area contributed by atoms with Gasteiger partial charge < -0.3 is 0 Å². The Bertz CT molecular complexity index is 620. The fraction of sp³-hybridized carbons (Fsp3) is 0.235. The minimum atomic E-state index is 0.177. The van der Waals surface area contributed by atoms with Crippen LogP contribution in [0, 0.1) is 6.92 Å². The van der Waals surface area contributed by atoms with Crippen LogP contribution in [-0.4, -0.2) is 5.78 Å². The lowest BCUT2D eigenvalue weighted by Gasteiger charge is -2.06. The summed E-state index contributed by atoms with van der Waals surface area (Å²) in [5, 5.41) is 0.980. The molecule has 20 heavy (non-hydrogen) atoms. The second kappa shape index (κ2) is 6.92. The maximum absolute atomic E-state index is 12.0. The third kappa shape index (κ3) is 4.09. The molecule has 0 atom stereocenters. The highest BCUT2D eigenvalue weighted by molar-refractivity contribution is 6.42. The topological polar surface area (TPSA) is 17.1 Å².